The predicted molar refractivity (Wildman–Crippen MR) is 267 cm³/mol. The molecule has 0 atom stereocenters. The maximum Gasteiger partial charge on any atom is 2.00 e. The van der Waals surface area contributed by atoms with Gasteiger partial charge in [0.1, 0.15) is 11.6 Å². The van der Waals surface area contributed by atoms with Gasteiger partial charge in [-0.05, 0) is 118 Å². The number of benzene rings is 7. The molecule has 0 saturated heterocycles. The number of fused-ring (bicyclic) bond motifs is 7. The van der Waals surface area contributed by atoms with Crippen LogP contribution in [0.4, 0.5) is 0 Å². The van der Waals surface area contributed by atoms with Crippen molar-refractivity contribution in [2.24, 2.45) is 0 Å². The van der Waals surface area contributed by atoms with Gasteiger partial charge in [-0.25, -0.2) is 9.97 Å². The maximum absolute atomic E-state index is 5.74. The summed E-state index contributed by atoms with van der Waals surface area (Å²) in [6, 6.07) is 56.6. The quantitative estimate of drug-likeness (QED) is 0.143. The molecule has 0 saturated carbocycles. The third kappa shape index (κ3) is 6.86. The number of hydrogen-bond acceptors (Lipinski definition) is 2. The van der Waals surface area contributed by atoms with Crippen LogP contribution in [0.3, 0.4) is 0 Å². The van der Waals surface area contributed by atoms with Crippen LogP contribution >= 0.6 is 0 Å². The molecule has 4 aromatic heterocycles. The number of aromatic nitrogens is 5. The first-order valence-electron chi connectivity index (χ1n) is 22.6. The minimum absolute atomic E-state index is 0. The SMILES string of the molecule is Cc1cc(C)c2c(c1)[n-]c1c(-c3nc4c(-c5[c-]c6c(cc5)c5cc(C(C)C)c(C(C)C)cc5n6-c5ccccn5)cccc4n3-c3ccccc3)cc(C(C)(C)c3ccccc3)cc12.[Pt+2]. The Labute approximate surface area is 395 Å². The largest absolute Gasteiger partial charge is 2.00 e. The van der Waals surface area contributed by atoms with Gasteiger partial charge < -0.3 is 9.55 Å². The van der Waals surface area contributed by atoms with Gasteiger partial charge >= 0.3 is 21.1 Å². The second kappa shape index (κ2) is 16.2. The molecule has 0 bridgehead atoms. The number of pyridine rings is 1. The van der Waals surface area contributed by atoms with Gasteiger partial charge in [0.2, 0.25) is 0 Å². The van der Waals surface area contributed by atoms with E-state index in [9.17, 15) is 0 Å². The Morgan fingerprint density at radius 3 is 2.06 bits per heavy atom. The van der Waals surface area contributed by atoms with Crippen molar-refractivity contribution in [1.29, 1.82) is 0 Å². The second-order valence-corrected chi connectivity index (χ2v) is 18.7. The van der Waals surface area contributed by atoms with E-state index in [2.05, 4.69) is 210 Å². The van der Waals surface area contributed by atoms with Crippen LogP contribution in [-0.4, -0.2) is 19.1 Å². The van der Waals surface area contributed by atoms with Gasteiger partial charge in [-0.3, -0.25) is 4.57 Å². The van der Waals surface area contributed by atoms with Crippen LogP contribution < -0.4 is 4.98 Å². The summed E-state index contributed by atoms with van der Waals surface area (Å²) in [6.07, 6.45) is 1.88. The van der Waals surface area contributed by atoms with Crippen molar-refractivity contribution in [2.45, 2.75) is 72.6 Å². The van der Waals surface area contributed by atoms with E-state index in [0.717, 1.165) is 77.9 Å². The molecule has 6 heteroatoms. The van der Waals surface area contributed by atoms with Crippen LogP contribution in [0.15, 0.2) is 152 Å². The van der Waals surface area contributed by atoms with Crippen LogP contribution in [0.5, 0.6) is 0 Å². The van der Waals surface area contributed by atoms with E-state index >= 15 is 0 Å². The molecule has 0 aliphatic rings. The molecule has 7 aromatic carbocycles. The molecular weight excluding hydrogens is 974 g/mol. The average molecular weight is 1030 g/mol. The summed E-state index contributed by atoms with van der Waals surface area (Å²) >= 11 is 0. The molecule has 0 fully saturated rings. The molecule has 0 aliphatic carbocycles. The zero-order valence-electron chi connectivity index (χ0n) is 38.1. The van der Waals surface area contributed by atoms with Gasteiger partial charge in [0, 0.05) is 28.4 Å². The summed E-state index contributed by atoms with van der Waals surface area (Å²) in [7, 11) is 0. The van der Waals surface area contributed by atoms with Crippen molar-refractivity contribution in [3.8, 4) is 34.0 Å². The fourth-order valence-corrected chi connectivity index (χ4v) is 10.2. The first-order valence-corrected chi connectivity index (χ1v) is 22.6. The second-order valence-electron chi connectivity index (χ2n) is 18.7. The molecule has 0 aliphatic heterocycles. The first kappa shape index (κ1) is 42.4. The molecular formula is C59H51N5Pt. The monoisotopic (exact) mass is 1020 g/mol. The number of hydrogen-bond donors (Lipinski definition) is 0. The van der Waals surface area contributed by atoms with Gasteiger partial charge in [-0.1, -0.05) is 149 Å². The van der Waals surface area contributed by atoms with E-state index in [1.54, 1.807) is 0 Å². The molecule has 11 rings (SSSR count). The van der Waals surface area contributed by atoms with Gasteiger partial charge in [0.15, 0.2) is 0 Å². The van der Waals surface area contributed by atoms with Crippen molar-refractivity contribution in [2.75, 3.05) is 0 Å². The van der Waals surface area contributed by atoms with Gasteiger partial charge in [-0.15, -0.1) is 34.8 Å². The minimum Gasteiger partial charge on any atom is -0.656 e. The summed E-state index contributed by atoms with van der Waals surface area (Å²) in [4.78, 5) is 16.1. The first-order chi connectivity index (χ1) is 31.0. The van der Waals surface area contributed by atoms with E-state index in [1.807, 2.05) is 12.3 Å². The van der Waals surface area contributed by atoms with Gasteiger partial charge in [0.25, 0.3) is 0 Å². The Bertz CT molecular complexity index is 3590. The average Bonchev–Trinajstić information content (AvgIpc) is 3.98. The molecule has 5 nitrogen and oxygen atoms in total. The molecule has 0 unspecified atom stereocenters. The summed E-state index contributed by atoms with van der Waals surface area (Å²) in [6.45, 7) is 18.2. The molecule has 0 N–H and O–H groups in total. The van der Waals surface area contributed by atoms with E-state index in [0.29, 0.717) is 11.8 Å². The van der Waals surface area contributed by atoms with Crippen molar-refractivity contribution >= 4 is 54.6 Å². The Morgan fingerprint density at radius 2 is 1.34 bits per heavy atom. The fourth-order valence-electron chi connectivity index (χ4n) is 10.2. The van der Waals surface area contributed by atoms with Crippen LogP contribution in [0.1, 0.15) is 86.8 Å². The van der Waals surface area contributed by atoms with E-state index < -0.39 is 0 Å². The fraction of sp³-hybridized carbons (Fsp3) is 0.186. The van der Waals surface area contributed by atoms with Crippen molar-refractivity contribution in [1.82, 2.24) is 24.1 Å². The minimum atomic E-state index is -0.302. The zero-order valence-corrected chi connectivity index (χ0v) is 40.4. The normalized spacial score (nSPS) is 12.2. The molecule has 0 radical (unpaired) electrons. The van der Waals surface area contributed by atoms with Crippen molar-refractivity contribution in [3.05, 3.63) is 191 Å². The summed E-state index contributed by atoms with van der Waals surface area (Å²) in [5, 5.41) is 4.72. The van der Waals surface area contributed by atoms with Gasteiger partial charge in [0.05, 0.1) is 11.0 Å². The summed E-state index contributed by atoms with van der Waals surface area (Å²) in [5.41, 5.74) is 17.4. The van der Waals surface area contributed by atoms with E-state index in [1.165, 1.54) is 44.2 Å². The molecule has 65 heavy (non-hydrogen) atoms. The number of imidazole rings is 1. The third-order valence-corrected chi connectivity index (χ3v) is 13.5. The van der Waals surface area contributed by atoms with Crippen LogP contribution in [0, 0.1) is 19.9 Å². The third-order valence-electron chi connectivity index (χ3n) is 13.5. The Balaban J connectivity index is 0.00000498. The predicted octanol–water partition coefficient (Wildman–Crippen LogP) is 15.1. The van der Waals surface area contributed by atoms with Crippen molar-refractivity contribution < 1.29 is 21.1 Å². The maximum atomic E-state index is 5.74. The number of aryl methyl sites for hydroxylation is 2. The molecule has 0 amide bonds. The van der Waals surface area contributed by atoms with E-state index in [-0.39, 0.29) is 26.5 Å². The molecule has 11 aromatic rings. The van der Waals surface area contributed by atoms with Crippen molar-refractivity contribution in [3.63, 3.8) is 0 Å². The smallest absolute Gasteiger partial charge is 0.656 e. The van der Waals surface area contributed by atoms with Crippen LogP contribution in [0.25, 0.3) is 88.7 Å². The number of rotatable bonds is 8. The summed E-state index contributed by atoms with van der Waals surface area (Å²) in [5.74, 6) is 2.50. The number of nitrogens with zero attached hydrogens (tertiary/aromatic N) is 5. The summed E-state index contributed by atoms with van der Waals surface area (Å²) < 4.78 is 4.62. The molecule has 322 valence electrons. The Kier molecular flexibility index (Phi) is 10.5. The molecule has 4 heterocycles. The van der Waals surface area contributed by atoms with Crippen LogP contribution in [-0.2, 0) is 26.5 Å². The van der Waals surface area contributed by atoms with Gasteiger partial charge in [-0.2, -0.15) is 0 Å². The van der Waals surface area contributed by atoms with E-state index in [4.69, 9.17) is 15.0 Å². The Morgan fingerprint density at radius 1 is 0.615 bits per heavy atom. The molecule has 0 spiro atoms. The number of para-hydroxylation sites is 2. The standard InChI is InChI=1S/C59H51N5.Pt/c1-35(2)45-33-47-44-26-25-39(30-52(44)64(54-24-15-16-27-60-54)53(47)34-46(45)36(3)4)43-22-17-23-51-57(43)62-58(63(51)42-20-13-10-14-21-42)49-32-41(59(7,8)40-18-11-9-12-19-40)31-48-55-38(6)28-37(5)29-50(55)61-56(48)49;/h9-29,31-36H,1-8H3;/q-2;+2. The van der Waals surface area contributed by atoms with Crippen LogP contribution in [0.2, 0.25) is 0 Å². The topological polar surface area (TPSA) is 49.7 Å². The Hall–Kier alpha value is -6.55. The zero-order chi connectivity index (χ0) is 44.0.